The normalized spacial score (nSPS) is 14.5. The first-order chi connectivity index (χ1) is 28.5. The Hall–Kier alpha value is -5.72. The van der Waals surface area contributed by atoms with Gasteiger partial charge in [0.2, 0.25) is 25.6 Å². The van der Waals surface area contributed by atoms with Crippen molar-refractivity contribution in [3.05, 3.63) is 102 Å². The van der Waals surface area contributed by atoms with E-state index in [-0.39, 0.29) is 30.5 Å². The summed E-state index contributed by atoms with van der Waals surface area (Å²) in [6.45, 7) is 8.09. The van der Waals surface area contributed by atoms with Crippen LogP contribution in [-0.4, -0.2) is 67.7 Å². The van der Waals surface area contributed by atoms with Crippen LogP contribution >= 0.6 is 7.37 Å². The van der Waals surface area contributed by atoms with Crippen LogP contribution in [0.1, 0.15) is 92.2 Å². The van der Waals surface area contributed by atoms with Crippen LogP contribution < -0.4 is 25.6 Å². The number of carbonyl (C=O) groups is 5. The number of anilines is 1. The zero-order valence-corrected chi connectivity index (χ0v) is 34.9. The number of benzene rings is 3. The summed E-state index contributed by atoms with van der Waals surface area (Å²) in [6.07, 6.45) is 4.76. The second-order valence-corrected chi connectivity index (χ2v) is 16.7. The van der Waals surface area contributed by atoms with Crippen LogP contribution in [-0.2, 0) is 34.9 Å². The number of hydrogen-bond acceptors (Lipinski definition) is 10. The first-order valence-electron chi connectivity index (χ1n) is 20.0. The first-order valence-corrected chi connectivity index (χ1v) is 22.1. The van der Waals surface area contributed by atoms with Gasteiger partial charge in [-0.15, -0.1) is 0 Å². The molecule has 0 radical (unpaired) electrons. The summed E-state index contributed by atoms with van der Waals surface area (Å²) in [4.78, 5) is 71.7. The monoisotopic (exact) mass is 828 g/mol. The van der Waals surface area contributed by atoms with Gasteiger partial charge < -0.3 is 34.0 Å². The largest absolute Gasteiger partial charge is 0.494 e. The Kier molecular flexibility index (Phi) is 16.0. The molecule has 1 aliphatic rings. The molecule has 1 saturated heterocycles. The van der Waals surface area contributed by atoms with Gasteiger partial charge in [0.1, 0.15) is 11.5 Å². The van der Waals surface area contributed by atoms with Crippen LogP contribution in [0.3, 0.4) is 0 Å². The molecule has 15 heteroatoms. The molecule has 4 amide bonds. The van der Waals surface area contributed by atoms with Gasteiger partial charge >= 0.3 is 5.97 Å². The fourth-order valence-corrected chi connectivity index (χ4v) is 8.15. The van der Waals surface area contributed by atoms with E-state index in [4.69, 9.17) is 18.5 Å². The molecule has 5 rings (SSSR count). The van der Waals surface area contributed by atoms with Gasteiger partial charge in [0.05, 0.1) is 37.4 Å². The third-order valence-electron chi connectivity index (χ3n) is 10.1. The molecule has 4 aromatic rings. The molecule has 0 bridgehead atoms. The van der Waals surface area contributed by atoms with Gasteiger partial charge in [0.25, 0.3) is 5.91 Å². The minimum absolute atomic E-state index is 0.0199. The number of furan rings is 1. The predicted molar refractivity (Wildman–Crippen MR) is 223 cm³/mol. The molecule has 0 saturated carbocycles. The Labute approximate surface area is 345 Å². The quantitative estimate of drug-likeness (QED) is 0.0271. The number of amides is 4. The Bertz CT molecular complexity index is 2110. The first kappa shape index (κ1) is 44.4. The summed E-state index contributed by atoms with van der Waals surface area (Å²) in [7, 11) is -3.31. The Morgan fingerprint density at radius 1 is 0.966 bits per heavy atom. The van der Waals surface area contributed by atoms with Crippen LogP contribution in [0.5, 0.6) is 5.75 Å². The lowest BCUT2D eigenvalue weighted by atomic mass is 9.90. The number of hydroxylamine groups is 2. The van der Waals surface area contributed by atoms with Crippen molar-refractivity contribution in [2.75, 3.05) is 31.4 Å². The van der Waals surface area contributed by atoms with Gasteiger partial charge in [-0.1, -0.05) is 63.4 Å². The van der Waals surface area contributed by atoms with Crippen molar-refractivity contribution in [1.29, 1.82) is 0 Å². The topological polar surface area (TPSA) is 174 Å². The maximum atomic E-state index is 13.8. The van der Waals surface area contributed by atoms with Gasteiger partial charge in [-0.05, 0) is 86.3 Å². The minimum Gasteiger partial charge on any atom is -0.494 e. The molecule has 314 valence electrons. The van der Waals surface area contributed by atoms with Crippen molar-refractivity contribution >= 4 is 48.5 Å². The summed E-state index contributed by atoms with van der Waals surface area (Å²) in [5, 5.41) is 6.70. The van der Waals surface area contributed by atoms with Gasteiger partial charge in [0, 0.05) is 36.2 Å². The lowest BCUT2D eigenvalue weighted by molar-refractivity contribution is -0.171. The third-order valence-corrected chi connectivity index (χ3v) is 11.9. The molecule has 2 heterocycles. The smallest absolute Gasteiger partial charge is 0.363 e. The highest BCUT2D eigenvalue weighted by Crippen LogP contribution is 2.44. The molecule has 1 aliphatic heterocycles. The van der Waals surface area contributed by atoms with Gasteiger partial charge in [-0.2, -0.15) is 5.06 Å². The van der Waals surface area contributed by atoms with E-state index in [1.807, 2.05) is 44.2 Å². The zero-order valence-electron chi connectivity index (χ0n) is 34.0. The molecule has 1 unspecified atom stereocenters. The second kappa shape index (κ2) is 21.3. The van der Waals surface area contributed by atoms with Crippen LogP contribution in [0.4, 0.5) is 5.69 Å². The highest BCUT2D eigenvalue weighted by Gasteiger charge is 2.34. The zero-order chi connectivity index (χ0) is 42.4. The number of unbranched alkanes of at least 4 members (excludes halogenated alkanes) is 2. The molecule has 0 aliphatic carbocycles. The second-order valence-electron chi connectivity index (χ2n) is 14.3. The van der Waals surface area contributed by atoms with E-state index in [0.29, 0.717) is 73.3 Å². The van der Waals surface area contributed by atoms with Crippen LogP contribution in [0, 0.1) is 5.92 Å². The number of carbonyl (C=O) groups excluding carboxylic acids is 5. The number of nitrogens with zero attached hydrogens (tertiary/aromatic N) is 2. The average Bonchev–Trinajstić information content (AvgIpc) is 3.92. The fourth-order valence-electron chi connectivity index (χ4n) is 6.87. The van der Waals surface area contributed by atoms with Crippen molar-refractivity contribution in [3.8, 4) is 17.1 Å². The molecule has 2 N–H and O–H groups in total. The predicted octanol–water partition coefficient (Wildman–Crippen LogP) is 7.23. The maximum Gasteiger partial charge on any atom is 0.363 e. The van der Waals surface area contributed by atoms with E-state index in [2.05, 4.69) is 10.6 Å². The number of rotatable bonds is 22. The maximum absolute atomic E-state index is 13.8. The molecular formula is C44H53N4O10P. The van der Waals surface area contributed by atoms with E-state index in [1.54, 1.807) is 54.9 Å². The lowest BCUT2D eigenvalue weighted by Gasteiger charge is -2.31. The minimum atomic E-state index is -3.31. The molecule has 3 atom stereocenters. The van der Waals surface area contributed by atoms with Gasteiger partial charge in [-0.25, -0.2) is 4.79 Å². The lowest BCUT2D eigenvalue weighted by Crippen LogP contribution is -2.49. The van der Waals surface area contributed by atoms with Crippen molar-refractivity contribution < 1.29 is 47.1 Å². The van der Waals surface area contributed by atoms with Crippen molar-refractivity contribution in [2.45, 2.75) is 78.4 Å². The van der Waals surface area contributed by atoms with Gasteiger partial charge in [0.15, 0.2) is 5.76 Å². The Morgan fingerprint density at radius 3 is 2.39 bits per heavy atom. The van der Waals surface area contributed by atoms with E-state index >= 15 is 0 Å². The van der Waals surface area contributed by atoms with E-state index in [9.17, 15) is 28.5 Å². The highest BCUT2D eigenvalue weighted by molar-refractivity contribution is 7.66. The van der Waals surface area contributed by atoms with Crippen molar-refractivity contribution in [1.82, 2.24) is 15.7 Å². The molecule has 3 aromatic carbocycles. The molecule has 1 aromatic heterocycles. The Balaban J connectivity index is 1.22. The summed E-state index contributed by atoms with van der Waals surface area (Å²) in [6, 6.07) is 23.2. The molecule has 0 spiro atoms. The van der Waals surface area contributed by atoms with Crippen molar-refractivity contribution in [2.24, 2.45) is 5.92 Å². The molecule has 1 fully saturated rings. The summed E-state index contributed by atoms with van der Waals surface area (Å²) in [5.41, 5.74) is 2.26. The molecular weight excluding hydrogens is 775 g/mol. The third kappa shape index (κ3) is 11.9. The van der Waals surface area contributed by atoms with E-state index < -0.39 is 37.1 Å². The fraction of sp³-hybridized carbons (Fsp3) is 0.386. The molecule has 59 heavy (non-hydrogen) atoms. The Morgan fingerprint density at radius 2 is 1.73 bits per heavy atom. The SMILES string of the molecule is CCCCC[C@@H](C(=O)NCNC(=O)c1ccc(-c2cc(OCC)cc(P(C)(=O)OCc3ccccc3)c2)o1)[C@@H](CC)N(C=O)OC(=O)c1ccc(N2CCCC2=O)cc1. The van der Waals surface area contributed by atoms with Crippen molar-refractivity contribution in [3.63, 3.8) is 0 Å². The summed E-state index contributed by atoms with van der Waals surface area (Å²) < 4.78 is 31.3. The van der Waals surface area contributed by atoms with Gasteiger partial charge in [-0.3, -0.25) is 23.7 Å². The number of ether oxygens (including phenoxy) is 1. The van der Waals surface area contributed by atoms with E-state index in [1.165, 1.54) is 18.2 Å². The standard InChI is InChI=1S/C44H53N4O10P/c1-5-8-10-16-37(38(6-2)48(30-49)58-44(53)32-18-20-34(21-19-32)47-24-13-17-41(47)50)42(51)45-29-46-43(52)40-23-22-39(57-40)33-25-35(55-7-3)27-36(26-33)59(4,54)56-28-31-14-11-9-12-15-31/h9,11-12,14-15,18-23,25-27,30,37-38H,5-8,10,13,16-17,24,28-29H2,1-4H3,(H,45,51)(H,46,52)/t37-,38-,59?/m1/s1. The molecule has 14 nitrogen and oxygen atoms in total. The number of hydrogen-bond donors (Lipinski definition) is 2. The number of nitrogens with one attached hydrogen (secondary N) is 2. The highest BCUT2D eigenvalue weighted by atomic mass is 31.2. The summed E-state index contributed by atoms with van der Waals surface area (Å²) >= 11 is 0. The van der Waals surface area contributed by atoms with Crippen LogP contribution in [0.25, 0.3) is 11.3 Å². The van der Waals surface area contributed by atoms with Crippen LogP contribution in [0.15, 0.2) is 89.3 Å². The summed E-state index contributed by atoms with van der Waals surface area (Å²) in [5.74, 6) is -1.80. The van der Waals surface area contributed by atoms with E-state index in [0.717, 1.165) is 29.9 Å². The average molecular weight is 829 g/mol. The van der Waals surface area contributed by atoms with Crippen LogP contribution in [0.2, 0.25) is 0 Å².